The smallest absolute Gasteiger partial charge is 0.254 e. The van der Waals surface area contributed by atoms with E-state index in [1.807, 2.05) is 0 Å². The van der Waals surface area contributed by atoms with Gasteiger partial charge in [0, 0.05) is 30.4 Å². The number of halogens is 2. The van der Waals surface area contributed by atoms with E-state index in [1.54, 1.807) is 12.3 Å². The Morgan fingerprint density at radius 2 is 2.07 bits per heavy atom. The Kier molecular flexibility index (Phi) is 5.33. The predicted octanol–water partition coefficient (Wildman–Crippen LogP) is 3.83. The third-order valence-corrected chi connectivity index (χ3v) is 5.21. The molecule has 0 bridgehead atoms. The van der Waals surface area contributed by atoms with Gasteiger partial charge in [-0.05, 0) is 31.0 Å². The number of benzene rings is 1. The Hall–Kier alpha value is -3.16. The molecule has 4 rings (SSSR count). The first-order valence-corrected chi connectivity index (χ1v) is 9.44. The van der Waals surface area contributed by atoms with Gasteiger partial charge in [-0.2, -0.15) is 0 Å². The van der Waals surface area contributed by atoms with Crippen LogP contribution in [-0.2, 0) is 6.54 Å². The molecule has 2 unspecified atom stereocenters. The summed E-state index contributed by atoms with van der Waals surface area (Å²) in [5.41, 5.74) is 0.884. The highest BCUT2D eigenvalue weighted by Crippen LogP contribution is 2.42. The second-order valence-electron chi connectivity index (χ2n) is 6.97. The number of nitrogens with zero attached hydrogens (tertiary/aromatic N) is 4. The number of ether oxygens (including phenoxy) is 1. The lowest BCUT2D eigenvalue weighted by Gasteiger charge is -2.23. The Balaban J connectivity index is 1.83. The maximum Gasteiger partial charge on any atom is 0.254 e. The lowest BCUT2D eigenvalue weighted by Crippen LogP contribution is -2.26. The van der Waals surface area contributed by atoms with Crippen molar-refractivity contribution in [2.45, 2.75) is 37.9 Å². The summed E-state index contributed by atoms with van der Waals surface area (Å²) < 4.78 is 36.0. The van der Waals surface area contributed by atoms with Crippen molar-refractivity contribution in [2.24, 2.45) is 0 Å². The third kappa shape index (κ3) is 3.74. The average molecular weight is 398 g/mol. The van der Waals surface area contributed by atoms with Crippen LogP contribution < -0.4 is 10.3 Å². The standard InChI is InChI=1S/C21H20F2N4O2/c1-29-18-10-13(22)5-6-14(18)20(23)15-4-2-3-9-27-19(28)11-17(26-21(15)27)16-7-8-24-12-25-16/h5-8,10-12,15,20H,2-4,9H2,1H3. The summed E-state index contributed by atoms with van der Waals surface area (Å²) in [5.74, 6) is -0.643. The molecule has 0 spiro atoms. The van der Waals surface area contributed by atoms with E-state index in [-0.39, 0.29) is 16.9 Å². The van der Waals surface area contributed by atoms with Crippen LogP contribution >= 0.6 is 0 Å². The van der Waals surface area contributed by atoms with Crippen molar-refractivity contribution in [3.63, 3.8) is 0 Å². The summed E-state index contributed by atoms with van der Waals surface area (Å²) in [6, 6.07) is 6.83. The van der Waals surface area contributed by atoms with E-state index in [0.717, 1.165) is 18.9 Å². The van der Waals surface area contributed by atoms with Crippen LogP contribution in [0.5, 0.6) is 5.75 Å². The minimum atomic E-state index is -1.50. The fourth-order valence-electron chi connectivity index (χ4n) is 3.78. The van der Waals surface area contributed by atoms with Crippen LogP contribution in [0.2, 0.25) is 0 Å². The molecule has 6 nitrogen and oxygen atoms in total. The lowest BCUT2D eigenvalue weighted by molar-refractivity contribution is 0.258. The molecule has 0 saturated carbocycles. The van der Waals surface area contributed by atoms with Crippen molar-refractivity contribution in [3.05, 3.63) is 70.4 Å². The van der Waals surface area contributed by atoms with Crippen LogP contribution in [0.4, 0.5) is 8.78 Å². The Bertz CT molecular complexity index is 1070. The number of methoxy groups -OCH3 is 1. The molecule has 0 radical (unpaired) electrons. The van der Waals surface area contributed by atoms with E-state index < -0.39 is 17.9 Å². The summed E-state index contributed by atoms with van der Waals surface area (Å²) in [6.45, 7) is 0.481. The highest BCUT2D eigenvalue weighted by atomic mass is 19.1. The molecule has 0 fully saturated rings. The number of aromatic nitrogens is 4. The first-order valence-electron chi connectivity index (χ1n) is 9.44. The molecule has 1 aliphatic heterocycles. The number of fused-ring (bicyclic) bond motifs is 1. The zero-order chi connectivity index (χ0) is 20.4. The molecule has 2 atom stereocenters. The lowest BCUT2D eigenvalue weighted by atomic mass is 9.91. The summed E-state index contributed by atoms with van der Waals surface area (Å²) >= 11 is 0. The van der Waals surface area contributed by atoms with E-state index in [4.69, 9.17) is 4.74 Å². The van der Waals surface area contributed by atoms with Crippen LogP contribution in [0.15, 0.2) is 47.7 Å². The molecular formula is C21H20F2N4O2. The van der Waals surface area contributed by atoms with E-state index in [0.29, 0.717) is 30.2 Å². The highest BCUT2D eigenvalue weighted by molar-refractivity contribution is 5.52. The summed E-state index contributed by atoms with van der Waals surface area (Å²) in [5, 5.41) is 0. The van der Waals surface area contributed by atoms with Gasteiger partial charge >= 0.3 is 0 Å². The molecule has 1 aliphatic rings. The van der Waals surface area contributed by atoms with Crippen LogP contribution in [0.1, 0.15) is 42.7 Å². The highest BCUT2D eigenvalue weighted by Gasteiger charge is 2.32. The molecule has 0 amide bonds. The van der Waals surface area contributed by atoms with E-state index in [1.165, 1.54) is 36.2 Å². The SMILES string of the molecule is COc1cc(F)ccc1C(F)C1CCCCn2c1nc(-c1ccncn1)cc2=O. The fraction of sp³-hybridized carbons (Fsp3) is 0.333. The van der Waals surface area contributed by atoms with Gasteiger partial charge in [-0.25, -0.2) is 23.7 Å². The zero-order valence-corrected chi connectivity index (χ0v) is 15.9. The molecule has 0 saturated heterocycles. The van der Waals surface area contributed by atoms with Gasteiger partial charge in [-0.15, -0.1) is 0 Å². The number of alkyl halides is 1. The van der Waals surface area contributed by atoms with Crippen molar-refractivity contribution in [1.29, 1.82) is 0 Å². The fourth-order valence-corrected chi connectivity index (χ4v) is 3.78. The van der Waals surface area contributed by atoms with Gasteiger partial charge in [0.05, 0.1) is 24.4 Å². The van der Waals surface area contributed by atoms with Gasteiger partial charge in [0.1, 0.15) is 29.9 Å². The number of rotatable bonds is 4. The van der Waals surface area contributed by atoms with Gasteiger partial charge in [0.25, 0.3) is 5.56 Å². The zero-order valence-electron chi connectivity index (χ0n) is 15.9. The molecule has 0 N–H and O–H groups in total. The second kappa shape index (κ2) is 8.06. The van der Waals surface area contributed by atoms with Crippen LogP contribution in [0.25, 0.3) is 11.4 Å². The van der Waals surface area contributed by atoms with E-state index in [9.17, 15) is 9.18 Å². The topological polar surface area (TPSA) is 69.9 Å². The van der Waals surface area contributed by atoms with Crippen molar-refractivity contribution in [2.75, 3.05) is 7.11 Å². The van der Waals surface area contributed by atoms with Crippen molar-refractivity contribution >= 4 is 0 Å². The summed E-state index contributed by atoms with van der Waals surface area (Å²) in [7, 11) is 1.38. The molecule has 8 heteroatoms. The summed E-state index contributed by atoms with van der Waals surface area (Å²) in [4.78, 5) is 25.4. The minimum absolute atomic E-state index is 0.141. The summed E-state index contributed by atoms with van der Waals surface area (Å²) in [6.07, 6.45) is 3.46. The normalized spacial score (nSPS) is 17.3. The second-order valence-corrected chi connectivity index (χ2v) is 6.97. The maximum absolute atomic E-state index is 15.7. The van der Waals surface area contributed by atoms with E-state index in [2.05, 4.69) is 15.0 Å². The molecule has 1 aromatic carbocycles. The Morgan fingerprint density at radius 1 is 1.21 bits per heavy atom. The largest absolute Gasteiger partial charge is 0.496 e. The van der Waals surface area contributed by atoms with Crippen molar-refractivity contribution in [1.82, 2.24) is 19.5 Å². The molecule has 0 aliphatic carbocycles. The van der Waals surface area contributed by atoms with Crippen LogP contribution in [0, 0.1) is 5.82 Å². The molecular weight excluding hydrogens is 378 g/mol. The molecule has 3 aromatic rings. The average Bonchev–Trinajstić information content (AvgIpc) is 2.96. The monoisotopic (exact) mass is 398 g/mol. The number of hydrogen-bond donors (Lipinski definition) is 0. The van der Waals surface area contributed by atoms with Crippen molar-refractivity contribution in [3.8, 4) is 17.1 Å². The Labute approximate surface area is 166 Å². The van der Waals surface area contributed by atoms with Crippen LogP contribution in [0.3, 0.4) is 0 Å². The Morgan fingerprint density at radius 3 is 2.83 bits per heavy atom. The van der Waals surface area contributed by atoms with Crippen LogP contribution in [-0.4, -0.2) is 26.6 Å². The minimum Gasteiger partial charge on any atom is -0.496 e. The quantitative estimate of drug-likeness (QED) is 0.668. The molecule has 150 valence electrons. The van der Waals surface area contributed by atoms with Gasteiger partial charge in [0.2, 0.25) is 0 Å². The molecule has 3 heterocycles. The van der Waals surface area contributed by atoms with Gasteiger partial charge in [-0.3, -0.25) is 9.36 Å². The maximum atomic E-state index is 15.7. The van der Waals surface area contributed by atoms with Crippen molar-refractivity contribution < 1.29 is 13.5 Å². The van der Waals surface area contributed by atoms with Gasteiger partial charge in [0.15, 0.2) is 0 Å². The number of hydrogen-bond acceptors (Lipinski definition) is 5. The first-order chi connectivity index (χ1) is 14.1. The molecule has 29 heavy (non-hydrogen) atoms. The first kappa shape index (κ1) is 19.2. The van der Waals surface area contributed by atoms with E-state index >= 15 is 4.39 Å². The van der Waals surface area contributed by atoms with Gasteiger partial charge < -0.3 is 4.74 Å². The van der Waals surface area contributed by atoms with Gasteiger partial charge in [-0.1, -0.05) is 6.42 Å². The third-order valence-electron chi connectivity index (χ3n) is 5.21. The molecule has 2 aromatic heterocycles. The predicted molar refractivity (Wildman–Crippen MR) is 103 cm³/mol.